The molecule has 23 heavy (non-hydrogen) atoms. The Morgan fingerprint density at radius 1 is 1.39 bits per heavy atom. The number of non-ortho nitro benzene ring substituents is 1. The summed E-state index contributed by atoms with van der Waals surface area (Å²) in [4.78, 5) is 24.2. The molecule has 0 unspecified atom stereocenters. The molecule has 0 fully saturated rings. The van der Waals surface area contributed by atoms with Gasteiger partial charge < -0.3 is 16.2 Å². The standard InChI is InChI=1S/C9H12N4O2.C6H12O2/c1-2-9(11)12-8-4-3-6(13(14)15)5-7(8)10;1-5(7)8-6(2,3)4/h3-5H,2,10H2,1H3,(H2,11,12);1-4H3. The number of nitro benzene ring substituents is 1. The van der Waals surface area contributed by atoms with Crippen molar-refractivity contribution >= 4 is 28.9 Å². The van der Waals surface area contributed by atoms with E-state index in [9.17, 15) is 14.9 Å². The van der Waals surface area contributed by atoms with Crippen molar-refractivity contribution in [2.45, 2.75) is 46.6 Å². The van der Waals surface area contributed by atoms with Gasteiger partial charge in [0, 0.05) is 25.5 Å². The highest BCUT2D eigenvalue weighted by molar-refractivity contribution is 5.85. The molecule has 0 radical (unpaired) electrons. The van der Waals surface area contributed by atoms with E-state index in [4.69, 9.17) is 16.2 Å². The molecule has 0 spiro atoms. The number of benzene rings is 1. The van der Waals surface area contributed by atoms with E-state index >= 15 is 0 Å². The van der Waals surface area contributed by atoms with Gasteiger partial charge in [-0.3, -0.25) is 14.9 Å². The molecule has 0 aliphatic rings. The number of nitrogen functional groups attached to an aromatic ring is 1. The van der Waals surface area contributed by atoms with Crippen LogP contribution in [0.5, 0.6) is 0 Å². The number of nitrogens with two attached hydrogens (primary N) is 2. The summed E-state index contributed by atoms with van der Waals surface area (Å²) in [5.74, 6) is 0.216. The number of nitro groups is 1. The minimum Gasteiger partial charge on any atom is -0.460 e. The van der Waals surface area contributed by atoms with Gasteiger partial charge in [-0.2, -0.15) is 0 Å². The van der Waals surface area contributed by atoms with E-state index in [0.717, 1.165) is 0 Å². The van der Waals surface area contributed by atoms with Crippen LogP contribution < -0.4 is 11.5 Å². The molecule has 0 aromatic heterocycles. The van der Waals surface area contributed by atoms with E-state index in [0.29, 0.717) is 17.9 Å². The van der Waals surface area contributed by atoms with E-state index in [1.54, 1.807) is 0 Å². The first-order chi connectivity index (χ1) is 10.5. The Labute approximate surface area is 135 Å². The number of hydrogen-bond donors (Lipinski definition) is 2. The largest absolute Gasteiger partial charge is 0.460 e. The van der Waals surface area contributed by atoms with Crippen LogP contribution in [0.1, 0.15) is 41.0 Å². The monoisotopic (exact) mass is 324 g/mol. The molecular weight excluding hydrogens is 300 g/mol. The van der Waals surface area contributed by atoms with Crippen LogP contribution in [0.3, 0.4) is 0 Å². The summed E-state index contributed by atoms with van der Waals surface area (Å²) in [7, 11) is 0. The van der Waals surface area contributed by atoms with Gasteiger partial charge in [-0.25, -0.2) is 4.99 Å². The van der Waals surface area contributed by atoms with E-state index in [1.807, 2.05) is 27.7 Å². The van der Waals surface area contributed by atoms with Crippen molar-refractivity contribution in [1.29, 1.82) is 0 Å². The number of nitrogens with zero attached hydrogens (tertiary/aromatic N) is 2. The van der Waals surface area contributed by atoms with Crippen molar-refractivity contribution in [2.24, 2.45) is 10.7 Å². The minimum absolute atomic E-state index is 0.0541. The lowest BCUT2D eigenvalue weighted by atomic mass is 10.2. The summed E-state index contributed by atoms with van der Waals surface area (Å²) in [5.41, 5.74) is 11.5. The maximum atomic E-state index is 10.4. The first-order valence-corrected chi connectivity index (χ1v) is 7.02. The number of hydrogen-bond acceptors (Lipinski definition) is 6. The maximum Gasteiger partial charge on any atom is 0.303 e. The second-order valence-electron chi connectivity index (χ2n) is 5.66. The summed E-state index contributed by atoms with van der Waals surface area (Å²) in [6, 6.07) is 4.09. The van der Waals surface area contributed by atoms with Crippen LogP contribution in [0.4, 0.5) is 17.1 Å². The average molecular weight is 324 g/mol. The number of anilines is 1. The third-order valence-electron chi connectivity index (χ3n) is 2.30. The van der Waals surface area contributed by atoms with Gasteiger partial charge in [-0.15, -0.1) is 0 Å². The Kier molecular flexibility index (Phi) is 7.72. The number of amidine groups is 1. The molecular formula is C15H24N4O4. The second kappa shape index (κ2) is 8.72. The molecule has 1 rings (SSSR count). The number of aliphatic imine (C=N–C) groups is 1. The number of ether oxygens (including phenoxy) is 1. The molecule has 8 nitrogen and oxygen atoms in total. The smallest absolute Gasteiger partial charge is 0.303 e. The number of carbonyl (C=O) groups is 1. The van der Waals surface area contributed by atoms with Crippen molar-refractivity contribution in [3.63, 3.8) is 0 Å². The summed E-state index contributed by atoms with van der Waals surface area (Å²) >= 11 is 0. The molecule has 0 amide bonds. The molecule has 4 N–H and O–H groups in total. The van der Waals surface area contributed by atoms with Crippen LogP contribution in [-0.4, -0.2) is 22.3 Å². The Hall–Kier alpha value is -2.64. The zero-order valence-electron chi connectivity index (χ0n) is 14.1. The molecule has 0 aliphatic heterocycles. The highest BCUT2D eigenvalue weighted by Gasteiger charge is 2.11. The predicted octanol–water partition coefficient (Wildman–Crippen LogP) is 2.92. The lowest BCUT2D eigenvalue weighted by Gasteiger charge is -2.17. The first-order valence-electron chi connectivity index (χ1n) is 7.02. The molecule has 0 saturated heterocycles. The van der Waals surface area contributed by atoms with Crippen LogP contribution >= 0.6 is 0 Å². The fourth-order valence-corrected chi connectivity index (χ4v) is 1.42. The molecule has 1 aromatic carbocycles. The zero-order valence-corrected chi connectivity index (χ0v) is 14.1. The highest BCUT2D eigenvalue weighted by Crippen LogP contribution is 2.26. The molecule has 0 saturated carbocycles. The van der Waals surface area contributed by atoms with Gasteiger partial charge >= 0.3 is 5.97 Å². The predicted molar refractivity (Wildman–Crippen MR) is 90.6 cm³/mol. The SMILES string of the molecule is CC(=O)OC(C)(C)C.CCC(N)=Nc1ccc([N+](=O)[O-])cc1N. The number of carbonyl (C=O) groups excluding carboxylic acids is 1. The molecule has 0 aliphatic carbocycles. The summed E-state index contributed by atoms with van der Waals surface area (Å²) < 4.78 is 4.80. The van der Waals surface area contributed by atoms with Crippen molar-refractivity contribution < 1.29 is 14.5 Å². The van der Waals surface area contributed by atoms with Gasteiger partial charge in [0.1, 0.15) is 5.60 Å². The van der Waals surface area contributed by atoms with Crippen LogP contribution in [0.25, 0.3) is 0 Å². The van der Waals surface area contributed by atoms with Gasteiger partial charge in [-0.05, 0) is 26.8 Å². The van der Waals surface area contributed by atoms with Gasteiger partial charge in [-0.1, -0.05) is 6.92 Å². The molecule has 0 atom stereocenters. The van der Waals surface area contributed by atoms with Gasteiger partial charge in [0.2, 0.25) is 0 Å². The van der Waals surface area contributed by atoms with Crippen LogP contribution in [0.2, 0.25) is 0 Å². The molecule has 1 aromatic rings. The van der Waals surface area contributed by atoms with Gasteiger partial charge in [0.25, 0.3) is 5.69 Å². The summed E-state index contributed by atoms with van der Waals surface area (Å²) in [6.45, 7) is 8.79. The van der Waals surface area contributed by atoms with Crippen molar-refractivity contribution in [1.82, 2.24) is 0 Å². The van der Waals surface area contributed by atoms with Crippen LogP contribution in [0, 0.1) is 10.1 Å². The van der Waals surface area contributed by atoms with Crippen LogP contribution in [0.15, 0.2) is 23.2 Å². The van der Waals surface area contributed by atoms with Crippen molar-refractivity contribution in [3.05, 3.63) is 28.3 Å². The fraction of sp³-hybridized carbons (Fsp3) is 0.467. The number of esters is 1. The highest BCUT2D eigenvalue weighted by atomic mass is 16.6. The minimum atomic E-state index is -0.507. The Morgan fingerprint density at radius 2 is 1.96 bits per heavy atom. The fourth-order valence-electron chi connectivity index (χ4n) is 1.42. The molecule has 0 bridgehead atoms. The quantitative estimate of drug-likeness (QED) is 0.219. The van der Waals surface area contributed by atoms with Crippen molar-refractivity contribution in [2.75, 3.05) is 5.73 Å². The van der Waals surface area contributed by atoms with Gasteiger partial charge in [0.05, 0.1) is 22.1 Å². The van der Waals surface area contributed by atoms with Crippen LogP contribution in [-0.2, 0) is 9.53 Å². The van der Waals surface area contributed by atoms with Gasteiger partial charge in [0.15, 0.2) is 0 Å². The molecule has 0 heterocycles. The van der Waals surface area contributed by atoms with E-state index in [1.165, 1.54) is 25.1 Å². The topological polar surface area (TPSA) is 134 Å². The van der Waals surface area contributed by atoms with E-state index < -0.39 is 4.92 Å². The third-order valence-corrected chi connectivity index (χ3v) is 2.30. The summed E-state index contributed by atoms with van der Waals surface area (Å²) in [6.07, 6.45) is 0.608. The molecule has 8 heteroatoms. The van der Waals surface area contributed by atoms with E-state index in [2.05, 4.69) is 4.99 Å². The third kappa shape index (κ3) is 9.07. The lowest BCUT2D eigenvalue weighted by Crippen LogP contribution is -2.21. The Balaban J connectivity index is 0.000000515. The first kappa shape index (κ1) is 20.4. The second-order valence-corrected chi connectivity index (χ2v) is 5.66. The van der Waals surface area contributed by atoms with E-state index in [-0.39, 0.29) is 22.9 Å². The normalized spacial score (nSPS) is 11.3. The number of rotatable bonds is 3. The Morgan fingerprint density at radius 3 is 2.26 bits per heavy atom. The van der Waals surface area contributed by atoms with Crippen molar-refractivity contribution in [3.8, 4) is 0 Å². The molecule has 128 valence electrons. The lowest BCUT2D eigenvalue weighted by molar-refractivity contribution is -0.384. The maximum absolute atomic E-state index is 10.4. The zero-order chi connectivity index (χ0) is 18.2. The Bertz CT molecular complexity index is 592. The average Bonchev–Trinajstić information content (AvgIpc) is 2.38. The summed E-state index contributed by atoms with van der Waals surface area (Å²) in [5, 5.41) is 10.4.